The number of urea groups is 1. The average Bonchev–Trinajstić information content (AvgIpc) is 2.89. The van der Waals surface area contributed by atoms with Crippen LogP contribution >= 0.6 is 11.6 Å². The summed E-state index contributed by atoms with van der Waals surface area (Å²) in [5, 5.41) is 13.7. The minimum absolute atomic E-state index is 0.166. The summed E-state index contributed by atoms with van der Waals surface area (Å²) in [4.78, 5) is 38.1. The van der Waals surface area contributed by atoms with Gasteiger partial charge < -0.3 is 10.6 Å². The van der Waals surface area contributed by atoms with Gasteiger partial charge in [-0.1, -0.05) is 23.7 Å². The Morgan fingerprint density at radius 2 is 1.96 bits per heavy atom. The van der Waals surface area contributed by atoms with Crippen LogP contribution < -0.4 is 10.6 Å². The maximum absolute atomic E-state index is 13.2. The molecule has 142 valence electrons. The number of hydrogen-bond acceptors (Lipinski definition) is 4. The highest BCUT2D eigenvalue weighted by molar-refractivity contribution is 6.31. The third-order valence-corrected chi connectivity index (χ3v) is 4.66. The zero-order valence-electron chi connectivity index (χ0n) is 14.6. The van der Waals surface area contributed by atoms with Crippen LogP contribution in [0.3, 0.4) is 0 Å². The van der Waals surface area contributed by atoms with Crippen molar-refractivity contribution in [2.24, 2.45) is 0 Å². The number of nitriles is 1. The fourth-order valence-electron chi connectivity index (χ4n) is 2.83. The summed E-state index contributed by atoms with van der Waals surface area (Å²) in [5.74, 6) is -1.88. The number of hydrogen-bond donors (Lipinski definition) is 2. The van der Waals surface area contributed by atoms with E-state index >= 15 is 0 Å². The van der Waals surface area contributed by atoms with Crippen molar-refractivity contribution in [2.45, 2.75) is 12.5 Å². The van der Waals surface area contributed by atoms with Crippen LogP contribution in [0.15, 0.2) is 42.5 Å². The van der Waals surface area contributed by atoms with Gasteiger partial charge in [-0.2, -0.15) is 5.26 Å². The smallest absolute Gasteiger partial charge is 0.324 e. The zero-order valence-corrected chi connectivity index (χ0v) is 15.4. The van der Waals surface area contributed by atoms with Crippen LogP contribution in [-0.2, 0) is 15.1 Å². The van der Waals surface area contributed by atoms with Crippen LogP contribution in [-0.4, -0.2) is 29.3 Å². The summed E-state index contributed by atoms with van der Waals surface area (Å²) in [5.41, 5.74) is -0.223. The van der Waals surface area contributed by atoms with Crippen LogP contribution in [0.4, 0.5) is 14.9 Å². The molecule has 1 aliphatic rings. The Bertz CT molecular complexity index is 1020. The van der Waals surface area contributed by atoms with E-state index < -0.39 is 35.7 Å². The second-order valence-corrected chi connectivity index (χ2v) is 6.72. The van der Waals surface area contributed by atoms with Gasteiger partial charge in [0.2, 0.25) is 5.91 Å². The zero-order chi connectivity index (χ0) is 20.5. The first-order valence-corrected chi connectivity index (χ1v) is 8.52. The van der Waals surface area contributed by atoms with Crippen LogP contribution in [0.2, 0.25) is 5.02 Å². The van der Waals surface area contributed by atoms with E-state index in [0.717, 1.165) is 11.0 Å². The molecule has 0 bridgehead atoms. The number of benzene rings is 2. The molecule has 2 aromatic carbocycles. The van der Waals surface area contributed by atoms with Crippen molar-refractivity contribution < 1.29 is 18.8 Å². The maximum Gasteiger partial charge on any atom is 0.325 e. The van der Waals surface area contributed by atoms with E-state index in [1.807, 2.05) is 6.07 Å². The molecule has 1 atom stereocenters. The lowest BCUT2D eigenvalue weighted by molar-refractivity contribution is -0.133. The average molecular weight is 401 g/mol. The molecule has 0 aliphatic carbocycles. The SMILES string of the molecule is CC1(c2ccc(C#N)cc2)NC(=O)N(CC(=O)Nc2ccc(F)c(Cl)c2)C1=O. The Balaban J connectivity index is 1.74. The van der Waals surface area contributed by atoms with Crippen LogP contribution in [0.1, 0.15) is 18.1 Å². The summed E-state index contributed by atoms with van der Waals surface area (Å²) >= 11 is 5.67. The molecule has 7 nitrogen and oxygen atoms in total. The Morgan fingerprint density at radius 1 is 1.29 bits per heavy atom. The number of nitrogens with one attached hydrogen (secondary N) is 2. The van der Waals surface area contributed by atoms with E-state index in [1.165, 1.54) is 31.2 Å². The fraction of sp³-hybridized carbons (Fsp3) is 0.158. The molecule has 1 heterocycles. The lowest BCUT2D eigenvalue weighted by Crippen LogP contribution is -2.42. The van der Waals surface area contributed by atoms with E-state index in [2.05, 4.69) is 10.6 Å². The number of nitrogens with zero attached hydrogens (tertiary/aromatic N) is 2. The van der Waals surface area contributed by atoms with Crippen molar-refractivity contribution >= 4 is 35.1 Å². The van der Waals surface area contributed by atoms with E-state index in [9.17, 15) is 18.8 Å². The van der Waals surface area contributed by atoms with Crippen LogP contribution in [0.5, 0.6) is 0 Å². The molecule has 0 aromatic heterocycles. The molecule has 9 heteroatoms. The fourth-order valence-corrected chi connectivity index (χ4v) is 3.01. The Labute approximate surface area is 164 Å². The molecule has 1 unspecified atom stereocenters. The molecule has 1 aliphatic heterocycles. The van der Waals surface area contributed by atoms with Crippen molar-refractivity contribution in [3.63, 3.8) is 0 Å². The van der Waals surface area contributed by atoms with Gasteiger partial charge in [-0.15, -0.1) is 0 Å². The molecule has 28 heavy (non-hydrogen) atoms. The number of carbonyl (C=O) groups is 3. The molecule has 2 N–H and O–H groups in total. The standard InChI is InChI=1S/C19H14ClFN4O3/c1-19(12-4-2-11(9-22)3-5-12)17(27)25(18(28)24-19)10-16(26)23-13-6-7-15(21)14(20)8-13/h2-8H,10H2,1H3,(H,23,26)(H,24,28). The van der Waals surface area contributed by atoms with Crippen LogP contribution in [0, 0.1) is 17.1 Å². The summed E-state index contributed by atoms with van der Waals surface area (Å²) in [7, 11) is 0. The summed E-state index contributed by atoms with van der Waals surface area (Å²) in [6.07, 6.45) is 0. The van der Waals surface area contributed by atoms with Gasteiger partial charge in [-0.25, -0.2) is 9.18 Å². The number of rotatable bonds is 4. The van der Waals surface area contributed by atoms with Crippen molar-refractivity contribution in [1.29, 1.82) is 5.26 Å². The molecule has 2 aromatic rings. The van der Waals surface area contributed by atoms with E-state index in [0.29, 0.717) is 11.1 Å². The maximum atomic E-state index is 13.2. The normalized spacial score (nSPS) is 18.6. The summed E-state index contributed by atoms with van der Waals surface area (Å²) in [6, 6.07) is 11.1. The Kier molecular flexibility index (Phi) is 5.03. The van der Waals surface area contributed by atoms with Crippen molar-refractivity contribution in [3.05, 3.63) is 64.4 Å². The molecule has 1 fully saturated rings. The first-order valence-electron chi connectivity index (χ1n) is 8.14. The molecule has 0 spiro atoms. The van der Waals surface area contributed by atoms with Crippen molar-refractivity contribution in [2.75, 3.05) is 11.9 Å². The first kappa shape index (κ1) is 19.3. The van der Waals surface area contributed by atoms with Crippen LogP contribution in [0.25, 0.3) is 0 Å². The quantitative estimate of drug-likeness (QED) is 0.770. The van der Waals surface area contributed by atoms with E-state index in [-0.39, 0.29) is 10.7 Å². The van der Waals surface area contributed by atoms with Crippen molar-refractivity contribution in [1.82, 2.24) is 10.2 Å². The highest BCUT2D eigenvalue weighted by Crippen LogP contribution is 2.29. The topological polar surface area (TPSA) is 102 Å². The molecular weight excluding hydrogens is 387 g/mol. The second kappa shape index (κ2) is 7.29. The number of anilines is 1. The van der Waals surface area contributed by atoms with Gasteiger partial charge in [0.05, 0.1) is 16.7 Å². The van der Waals surface area contributed by atoms with Gasteiger partial charge in [0.25, 0.3) is 5.91 Å². The third-order valence-electron chi connectivity index (χ3n) is 4.37. The lowest BCUT2D eigenvalue weighted by atomic mass is 9.91. The van der Waals surface area contributed by atoms with Gasteiger partial charge in [-0.05, 0) is 42.8 Å². The molecule has 0 saturated carbocycles. The highest BCUT2D eigenvalue weighted by atomic mass is 35.5. The lowest BCUT2D eigenvalue weighted by Gasteiger charge is -2.22. The predicted molar refractivity (Wildman–Crippen MR) is 98.8 cm³/mol. The van der Waals surface area contributed by atoms with E-state index in [1.54, 1.807) is 12.1 Å². The molecule has 1 saturated heterocycles. The Hall–Kier alpha value is -3.44. The minimum atomic E-state index is -1.36. The van der Waals surface area contributed by atoms with Gasteiger partial charge >= 0.3 is 6.03 Å². The minimum Gasteiger partial charge on any atom is -0.324 e. The predicted octanol–water partition coefficient (Wildman–Crippen LogP) is 2.76. The molecular formula is C19H14ClFN4O3. The number of carbonyl (C=O) groups excluding carboxylic acids is 3. The number of halogens is 2. The number of amides is 4. The first-order chi connectivity index (χ1) is 13.2. The van der Waals surface area contributed by atoms with Gasteiger partial charge in [0, 0.05) is 5.69 Å². The van der Waals surface area contributed by atoms with Gasteiger partial charge in [0.1, 0.15) is 17.9 Å². The summed E-state index contributed by atoms with van der Waals surface area (Å²) in [6.45, 7) is 0.998. The Morgan fingerprint density at radius 3 is 2.57 bits per heavy atom. The molecule has 3 rings (SSSR count). The monoisotopic (exact) mass is 400 g/mol. The second-order valence-electron chi connectivity index (χ2n) is 6.31. The van der Waals surface area contributed by atoms with E-state index in [4.69, 9.17) is 16.9 Å². The largest absolute Gasteiger partial charge is 0.325 e. The third kappa shape index (κ3) is 3.52. The number of imide groups is 1. The summed E-state index contributed by atoms with van der Waals surface area (Å²) < 4.78 is 13.2. The highest BCUT2D eigenvalue weighted by Gasteiger charge is 2.49. The molecule has 0 radical (unpaired) electrons. The van der Waals surface area contributed by atoms with Gasteiger partial charge in [-0.3, -0.25) is 14.5 Å². The molecule has 4 amide bonds. The van der Waals surface area contributed by atoms with Crippen molar-refractivity contribution in [3.8, 4) is 6.07 Å². The van der Waals surface area contributed by atoms with Gasteiger partial charge in [0.15, 0.2) is 0 Å².